The molecule has 0 amide bonds. The fourth-order valence-corrected chi connectivity index (χ4v) is 2.60. The SMILES string of the molecule is C=C(c1cncc(Oc2cc(O)cc(O)c2)c1)[C@@H]1CCCN1. The summed E-state index contributed by atoms with van der Waals surface area (Å²) in [4.78, 5) is 4.18. The highest BCUT2D eigenvalue weighted by Gasteiger charge is 2.18. The molecule has 2 heterocycles. The second-order valence-electron chi connectivity index (χ2n) is 5.37. The normalized spacial score (nSPS) is 17.4. The molecule has 22 heavy (non-hydrogen) atoms. The number of nitrogens with one attached hydrogen (secondary N) is 1. The largest absolute Gasteiger partial charge is 0.508 e. The van der Waals surface area contributed by atoms with Crippen LogP contribution in [0.2, 0.25) is 0 Å². The summed E-state index contributed by atoms with van der Waals surface area (Å²) < 4.78 is 5.65. The Morgan fingerprint density at radius 1 is 1.14 bits per heavy atom. The number of aromatic nitrogens is 1. The van der Waals surface area contributed by atoms with E-state index in [1.165, 1.54) is 18.2 Å². The molecule has 0 aliphatic carbocycles. The number of ether oxygens (including phenoxy) is 1. The monoisotopic (exact) mass is 298 g/mol. The molecular formula is C17H18N2O3. The van der Waals surface area contributed by atoms with Gasteiger partial charge in [-0.1, -0.05) is 6.58 Å². The number of phenolic OH excluding ortho intramolecular Hbond substituents is 2. The van der Waals surface area contributed by atoms with Crippen molar-refractivity contribution in [3.63, 3.8) is 0 Å². The van der Waals surface area contributed by atoms with Gasteiger partial charge >= 0.3 is 0 Å². The zero-order valence-electron chi connectivity index (χ0n) is 12.1. The standard InChI is InChI=1S/C17H18N2O3/c1-11(17-3-2-4-19-17)12-5-16(10-18-9-12)22-15-7-13(20)6-14(21)8-15/h5-10,17,19-21H,1-4H2/t17-/m0/s1. The maximum Gasteiger partial charge on any atom is 0.146 e. The van der Waals surface area contributed by atoms with Crippen LogP contribution in [0.15, 0.2) is 43.2 Å². The topological polar surface area (TPSA) is 74.6 Å². The maximum absolute atomic E-state index is 9.48. The first-order chi connectivity index (χ1) is 10.6. The number of hydrogen-bond donors (Lipinski definition) is 3. The Bertz CT molecular complexity index is 674. The molecular weight excluding hydrogens is 280 g/mol. The van der Waals surface area contributed by atoms with E-state index in [4.69, 9.17) is 4.74 Å². The van der Waals surface area contributed by atoms with Gasteiger partial charge in [-0.2, -0.15) is 0 Å². The summed E-state index contributed by atoms with van der Waals surface area (Å²) in [5, 5.41) is 22.4. The van der Waals surface area contributed by atoms with Gasteiger partial charge in [0.2, 0.25) is 0 Å². The summed E-state index contributed by atoms with van der Waals surface area (Å²) in [5.74, 6) is 0.764. The predicted molar refractivity (Wildman–Crippen MR) is 84.1 cm³/mol. The number of aromatic hydroxyl groups is 2. The molecule has 1 fully saturated rings. The minimum Gasteiger partial charge on any atom is -0.508 e. The molecule has 1 aliphatic rings. The van der Waals surface area contributed by atoms with Gasteiger partial charge in [0.05, 0.1) is 6.20 Å². The number of phenols is 2. The van der Waals surface area contributed by atoms with E-state index in [0.717, 1.165) is 30.5 Å². The molecule has 5 heteroatoms. The van der Waals surface area contributed by atoms with Gasteiger partial charge in [-0.15, -0.1) is 0 Å². The number of pyridine rings is 1. The Hall–Kier alpha value is -2.53. The van der Waals surface area contributed by atoms with Gasteiger partial charge in [0, 0.05) is 36.0 Å². The molecule has 0 radical (unpaired) electrons. The third-order valence-electron chi connectivity index (χ3n) is 3.68. The van der Waals surface area contributed by atoms with Crippen molar-refractivity contribution in [1.29, 1.82) is 0 Å². The van der Waals surface area contributed by atoms with E-state index in [2.05, 4.69) is 16.9 Å². The second-order valence-corrected chi connectivity index (χ2v) is 5.37. The van der Waals surface area contributed by atoms with Gasteiger partial charge in [-0.3, -0.25) is 4.98 Å². The van der Waals surface area contributed by atoms with E-state index in [0.29, 0.717) is 11.5 Å². The zero-order valence-corrected chi connectivity index (χ0v) is 12.1. The molecule has 3 N–H and O–H groups in total. The van der Waals surface area contributed by atoms with Crippen LogP contribution in [0.5, 0.6) is 23.0 Å². The molecule has 0 bridgehead atoms. The van der Waals surface area contributed by atoms with Gasteiger partial charge in [-0.25, -0.2) is 0 Å². The summed E-state index contributed by atoms with van der Waals surface area (Å²) in [7, 11) is 0. The lowest BCUT2D eigenvalue weighted by Crippen LogP contribution is -2.22. The van der Waals surface area contributed by atoms with Crippen molar-refractivity contribution in [1.82, 2.24) is 10.3 Å². The lowest BCUT2D eigenvalue weighted by molar-refractivity contribution is 0.431. The summed E-state index contributed by atoms with van der Waals surface area (Å²) in [6, 6.07) is 6.24. The highest BCUT2D eigenvalue weighted by molar-refractivity contribution is 5.68. The second kappa shape index (κ2) is 6.07. The van der Waals surface area contributed by atoms with Gasteiger partial charge in [0.1, 0.15) is 23.0 Å². The molecule has 1 aliphatic heterocycles. The van der Waals surface area contributed by atoms with Crippen LogP contribution in [0.4, 0.5) is 0 Å². The highest BCUT2D eigenvalue weighted by atomic mass is 16.5. The molecule has 0 saturated carbocycles. The maximum atomic E-state index is 9.48. The van der Waals surface area contributed by atoms with E-state index in [9.17, 15) is 10.2 Å². The van der Waals surface area contributed by atoms with Gasteiger partial charge in [0.15, 0.2) is 0 Å². The van der Waals surface area contributed by atoms with Crippen molar-refractivity contribution >= 4 is 5.57 Å². The van der Waals surface area contributed by atoms with E-state index >= 15 is 0 Å². The number of benzene rings is 1. The minimum absolute atomic E-state index is 0.0568. The number of nitrogens with zero attached hydrogens (tertiary/aromatic N) is 1. The lowest BCUT2D eigenvalue weighted by atomic mass is 10.0. The van der Waals surface area contributed by atoms with Crippen LogP contribution in [0, 0.1) is 0 Å². The Morgan fingerprint density at radius 2 is 1.91 bits per heavy atom. The molecule has 1 saturated heterocycles. The van der Waals surface area contributed by atoms with Crippen molar-refractivity contribution < 1.29 is 14.9 Å². The van der Waals surface area contributed by atoms with Crippen molar-refractivity contribution in [2.75, 3.05) is 6.54 Å². The number of rotatable bonds is 4. The zero-order chi connectivity index (χ0) is 15.5. The Morgan fingerprint density at radius 3 is 2.59 bits per heavy atom. The Labute approximate surface area is 128 Å². The van der Waals surface area contributed by atoms with E-state index in [1.807, 2.05) is 6.07 Å². The van der Waals surface area contributed by atoms with E-state index in [-0.39, 0.29) is 17.5 Å². The molecule has 114 valence electrons. The number of hydrogen-bond acceptors (Lipinski definition) is 5. The molecule has 0 unspecified atom stereocenters. The molecule has 1 aromatic carbocycles. The summed E-state index contributed by atoms with van der Waals surface area (Å²) in [6.07, 6.45) is 5.56. The predicted octanol–water partition coefficient (Wildman–Crippen LogP) is 3.05. The van der Waals surface area contributed by atoms with Crippen LogP contribution in [0.1, 0.15) is 18.4 Å². The van der Waals surface area contributed by atoms with Gasteiger partial charge in [0.25, 0.3) is 0 Å². The van der Waals surface area contributed by atoms with Crippen LogP contribution in [0.25, 0.3) is 5.57 Å². The third kappa shape index (κ3) is 3.20. The van der Waals surface area contributed by atoms with Crippen LogP contribution < -0.4 is 10.1 Å². The van der Waals surface area contributed by atoms with Crippen molar-refractivity contribution in [2.24, 2.45) is 0 Å². The molecule has 2 aromatic rings. The Kier molecular flexibility index (Phi) is 3.98. The summed E-state index contributed by atoms with van der Waals surface area (Å²) in [5.41, 5.74) is 1.91. The van der Waals surface area contributed by atoms with Crippen LogP contribution >= 0.6 is 0 Å². The molecule has 1 aromatic heterocycles. The van der Waals surface area contributed by atoms with Crippen molar-refractivity contribution in [2.45, 2.75) is 18.9 Å². The van der Waals surface area contributed by atoms with Crippen LogP contribution in [0.3, 0.4) is 0 Å². The lowest BCUT2D eigenvalue weighted by Gasteiger charge is -2.14. The van der Waals surface area contributed by atoms with E-state index in [1.54, 1.807) is 12.4 Å². The van der Waals surface area contributed by atoms with Gasteiger partial charge in [-0.05, 0) is 31.0 Å². The molecule has 5 nitrogen and oxygen atoms in total. The third-order valence-corrected chi connectivity index (χ3v) is 3.68. The fraction of sp³-hybridized carbons (Fsp3) is 0.235. The van der Waals surface area contributed by atoms with Crippen LogP contribution in [-0.4, -0.2) is 27.8 Å². The first kappa shape index (κ1) is 14.4. The van der Waals surface area contributed by atoms with Gasteiger partial charge < -0.3 is 20.3 Å². The summed E-state index contributed by atoms with van der Waals surface area (Å²) in [6.45, 7) is 5.16. The fourth-order valence-electron chi connectivity index (χ4n) is 2.60. The van der Waals surface area contributed by atoms with Crippen LogP contribution in [-0.2, 0) is 0 Å². The Balaban J connectivity index is 1.80. The quantitative estimate of drug-likeness (QED) is 0.809. The van der Waals surface area contributed by atoms with E-state index < -0.39 is 0 Å². The molecule has 0 spiro atoms. The highest BCUT2D eigenvalue weighted by Crippen LogP contribution is 2.31. The average Bonchev–Trinajstić information content (AvgIpc) is 3.00. The minimum atomic E-state index is -0.0568. The van der Waals surface area contributed by atoms with Crippen molar-refractivity contribution in [3.05, 3.63) is 48.8 Å². The molecule has 1 atom stereocenters. The smallest absolute Gasteiger partial charge is 0.146 e. The van der Waals surface area contributed by atoms with Crippen molar-refractivity contribution in [3.8, 4) is 23.0 Å². The first-order valence-corrected chi connectivity index (χ1v) is 7.20. The summed E-state index contributed by atoms with van der Waals surface area (Å²) >= 11 is 0. The average molecular weight is 298 g/mol. The first-order valence-electron chi connectivity index (χ1n) is 7.20. The molecule has 3 rings (SSSR count).